The van der Waals surface area contributed by atoms with Gasteiger partial charge in [0.05, 0.1) is 13.7 Å². The Bertz CT molecular complexity index is 1000. The molecule has 0 saturated carbocycles. The van der Waals surface area contributed by atoms with Crippen LogP contribution >= 0.6 is 0 Å². The first-order valence-electron chi connectivity index (χ1n) is 10.5. The largest absolute Gasteiger partial charge is 0.497 e. The van der Waals surface area contributed by atoms with Crippen LogP contribution in [0.4, 0.5) is 5.69 Å². The SMILES string of the molecule is COc1ccc(C2=NC3(CCN(CC(=O)Nc4c(C)cccc4C)CC3)NC2=O)cc1. The van der Waals surface area contributed by atoms with E-state index < -0.39 is 5.66 Å². The number of nitrogens with one attached hydrogen (secondary N) is 2. The quantitative estimate of drug-likeness (QED) is 0.779. The molecule has 0 radical (unpaired) electrons. The van der Waals surface area contributed by atoms with Gasteiger partial charge in [0.15, 0.2) is 0 Å². The van der Waals surface area contributed by atoms with Gasteiger partial charge >= 0.3 is 0 Å². The number of aryl methyl sites for hydroxylation is 2. The third-order valence-electron chi connectivity index (χ3n) is 6.05. The van der Waals surface area contributed by atoms with Gasteiger partial charge in [-0.25, -0.2) is 0 Å². The van der Waals surface area contributed by atoms with Crippen LogP contribution in [0, 0.1) is 13.8 Å². The van der Waals surface area contributed by atoms with Crippen molar-refractivity contribution in [3.63, 3.8) is 0 Å². The average molecular weight is 421 g/mol. The summed E-state index contributed by atoms with van der Waals surface area (Å²) >= 11 is 0. The highest BCUT2D eigenvalue weighted by molar-refractivity contribution is 6.46. The summed E-state index contributed by atoms with van der Waals surface area (Å²) in [5.74, 6) is 0.572. The van der Waals surface area contributed by atoms with Gasteiger partial charge in [-0.1, -0.05) is 18.2 Å². The van der Waals surface area contributed by atoms with Gasteiger partial charge in [-0.3, -0.25) is 19.5 Å². The van der Waals surface area contributed by atoms with Crippen molar-refractivity contribution in [2.75, 3.05) is 32.1 Å². The van der Waals surface area contributed by atoms with Crippen molar-refractivity contribution < 1.29 is 14.3 Å². The lowest BCUT2D eigenvalue weighted by Gasteiger charge is -2.36. The highest BCUT2D eigenvalue weighted by atomic mass is 16.5. The Balaban J connectivity index is 1.37. The molecule has 2 aromatic rings. The van der Waals surface area contributed by atoms with Crippen molar-refractivity contribution in [3.05, 3.63) is 59.2 Å². The molecule has 0 aliphatic carbocycles. The van der Waals surface area contributed by atoms with Gasteiger partial charge in [0, 0.05) is 37.2 Å². The van der Waals surface area contributed by atoms with E-state index in [1.807, 2.05) is 56.3 Å². The molecule has 162 valence electrons. The van der Waals surface area contributed by atoms with Crippen LogP contribution in [-0.4, -0.2) is 54.8 Å². The number of aliphatic imine (C=N–C) groups is 1. The van der Waals surface area contributed by atoms with Gasteiger partial charge < -0.3 is 15.4 Å². The fraction of sp³-hybridized carbons (Fsp3) is 0.375. The summed E-state index contributed by atoms with van der Waals surface area (Å²) in [4.78, 5) is 32.0. The molecule has 2 N–H and O–H groups in total. The number of amides is 2. The van der Waals surface area contributed by atoms with E-state index in [0.29, 0.717) is 38.2 Å². The summed E-state index contributed by atoms with van der Waals surface area (Å²) < 4.78 is 5.18. The standard InChI is InChI=1S/C24H28N4O3/c1-16-5-4-6-17(2)21(16)25-20(29)15-28-13-11-24(12-14-28)26-22(23(30)27-24)18-7-9-19(31-3)10-8-18/h4-10H,11-15H2,1-3H3,(H,25,29)(H,27,30). The van der Waals surface area contributed by atoms with Crippen LogP contribution in [0.15, 0.2) is 47.5 Å². The van der Waals surface area contributed by atoms with Gasteiger partial charge in [0.2, 0.25) is 5.91 Å². The molecule has 31 heavy (non-hydrogen) atoms. The summed E-state index contributed by atoms with van der Waals surface area (Å²) in [6.07, 6.45) is 1.35. The highest BCUT2D eigenvalue weighted by Gasteiger charge is 2.42. The van der Waals surface area contributed by atoms with E-state index in [9.17, 15) is 9.59 Å². The monoisotopic (exact) mass is 420 g/mol. The minimum atomic E-state index is -0.577. The number of para-hydroxylation sites is 1. The lowest BCUT2D eigenvalue weighted by Crippen LogP contribution is -2.52. The Morgan fingerprint density at radius 3 is 2.39 bits per heavy atom. The maximum absolute atomic E-state index is 12.6. The minimum Gasteiger partial charge on any atom is -0.497 e. The first kappa shape index (κ1) is 21.1. The van der Waals surface area contributed by atoms with E-state index in [1.165, 1.54) is 0 Å². The number of benzene rings is 2. The molecule has 2 amide bonds. The zero-order valence-corrected chi connectivity index (χ0v) is 18.2. The Morgan fingerprint density at radius 1 is 1.13 bits per heavy atom. The van der Waals surface area contributed by atoms with Crippen molar-refractivity contribution in [2.45, 2.75) is 32.4 Å². The van der Waals surface area contributed by atoms with Crippen molar-refractivity contribution in [1.82, 2.24) is 10.2 Å². The molecule has 4 rings (SSSR count). The Hall–Kier alpha value is -3.19. The number of carbonyl (C=O) groups excluding carboxylic acids is 2. The second kappa shape index (κ2) is 8.51. The molecule has 0 unspecified atom stereocenters. The van der Waals surface area contributed by atoms with Crippen molar-refractivity contribution in [2.24, 2.45) is 4.99 Å². The van der Waals surface area contributed by atoms with Crippen molar-refractivity contribution in [3.8, 4) is 5.75 Å². The Morgan fingerprint density at radius 2 is 1.77 bits per heavy atom. The van der Waals surface area contributed by atoms with E-state index in [4.69, 9.17) is 9.73 Å². The zero-order valence-electron chi connectivity index (χ0n) is 18.2. The molecule has 2 heterocycles. The molecule has 2 aromatic carbocycles. The Labute approximate surface area is 182 Å². The number of ether oxygens (including phenoxy) is 1. The summed E-state index contributed by atoms with van der Waals surface area (Å²) in [5, 5.41) is 6.12. The molecule has 0 bridgehead atoms. The molecular formula is C24H28N4O3. The second-order valence-corrected chi connectivity index (χ2v) is 8.27. The van der Waals surface area contributed by atoms with Crippen LogP contribution in [0.5, 0.6) is 5.75 Å². The molecule has 7 nitrogen and oxygen atoms in total. The number of piperidine rings is 1. The van der Waals surface area contributed by atoms with Crippen LogP contribution in [-0.2, 0) is 9.59 Å². The number of rotatable bonds is 5. The Kier molecular flexibility index (Phi) is 5.78. The molecule has 1 saturated heterocycles. The van der Waals surface area contributed by atoms with E-state index in [1.54, 1.807) is 7.11 Å². The number of hydrogen-bond donors (Lipinski definition) is 2. The van der Waals surface area contributed by atoms with E-state index in [2.05, 4.69) is 15.5 Å². The van der Waals surface area contributed by atoms with Crippen molar-refractivity contribution in [1.29, 1.82) is 0 Å². The highest BCUT2D eigenvalue weighted by Crippen LogP contribution is 2.29. The molecule has 0 atom stereocenters. The number of carbonyl (C=O) groups is 2. The predicted octanol–water partition coefficient (Wildman–Crippen LogP) is 2.66. The number of anilines is 1. The van der Waals surface area contributed by atoms with Gasteiger partial charge in [-0.2, -0.15) is 0 Å². The molecular weight excluding hydrogens is 392 g/mol. The van der Waals surface area contributed by atoms with Crippen LogP contribution in [0.25, 0.3) is 0 Å². The third kappa shape index (κ3) is 4.46. The van der Waals surface area contributed by atoms with Crippen molar-refractivity contribution >= 4 is 23.2 Å². The first-order valence-corrected chi connectivity index (χ1v) is 10.5. The summed E-state index contributed by atoms with van der Waals surface area (Å²) in [5.41, 5.74) is 3.67. The lowest BCUT2D eigenvalue weighted by molar-refractivity contribution is -0.119. The molecule has 1 spiro atoms. The van der Waals surface area contributed by atoms with Crippen LogP contribution in [0.3, 0.4) is 0 Å². The van der Waals surface area contributed by atoms with E-state index in [0.717, 1.165) is 28.1 Å². The lowest BCUT2D eigenvalue weighted by atomic mass is 9.98. The fourth-order valence-corrected chi connectivity index (χ4v) is 4.22. The zero-order chi connectivity index (χ0) is 22.0. The maximum Gasteiger partial charge on any atom is 0.272 e. The molecule has 0 aromatic heterocycles. The fourth-order valence-electron chi connectivity index (χ4n) is 4.22. The van der Waals surface area contributed by atoms with Crippen LogP contribution < -0.4 is 15.4 Å². The van der Waals surface area contributed by atoms with E-state index in [-0.39, 0.29) is 11.8 Å². The minimum absolute atomic E-state index is 0.0220. The number of likely N-dealkylation sites (tertiary alicyclic amines) is 1. The van der Waals surface area contributed by atoms with Crippen LogP contribution in [0.1, 0.15) is 29.5 Å². The number of methoxy groups -OCH3 is 1. The topological polar surface area (TPSA) is 83.0 Å². The summed E-state index contributed by atoms with van der Waals surface area (Å²) in [7, 11) is 1.61. The van der Waals surface area contributed by atoms with Gasteiger partial charge in [0.25, 0.3) is 5.91 Å². The first-order chi connectivity index (χ1) is 14.9. The molecule has 2 aliphatic rings. The smallest absolute Gasteiger partial charge is 0.272 e. The van der Waals surface area contributed by atoms with Gasteiger partial charge in [-0.15, -0.1) is 0 Å². The van der Waals surface area contributed by atoms with Gasteiger partial charge in [0.1, 0.15) is 17.1 Å². The van der Waals surface area contributed by atoms with Gasteiger partial charge in [-0.05, 0) is 49.2 Å². The average Bonchev–Trinajstić information content (AvgIpc) is 3.08. The second-order valence-electron chi connectivity index (χ2n) is 8.27. The van der Waals surface area contributed by atoms with Crippen LogP contribution in [0.2, 0.25) is 0 Å². The maximum atomic E-state index is 12.6. The third-order valence-corrected chi connectivity index (χ3v) is 6.05. The summed E-state index contributed by atoms with van der Waals surface area (Å²) in [6.45, 7) is 5.70. The molecule has 7 heteroatoms. The normalized spacial score (nSPS) is 17.9. The van der Waals surface area contributed by atoms with E-state index >= 15 is 0 Å². The predicted molar refractivity (Wildman–Crippen MR) is 121 cm³/mol. The number of hydrogen-bond acceptors (Lipinski definition) is 5. The number of nitrogens with zero attached hydrogens (tertiary/aromatic N) is 2. The molecule has 1 fully saturated rings. The molecule has 2 aliphatic heterocycles. The summed E-state index contributed by atoms with van der Waals surface area (Å²) in [6, 6.07) is 13.3.